The molecule has 0 amide bonds. The maximum atomic E-state index is 11.2. The van der Waals surface area contributed by atoms with Gasteiger partial charge in [0.1, 0.15) is 0 Å². The third-order valence-electron chi connectivity index (χ3n) is 4.42. The van der Waals surface area contributed by atoms with Gasteiger partial charge in [-0.3, -0.25) is 0 Å². The minimum Gasteiger partial charge on any atom is -0.385 e. The van der Waals surface area contributed by atoms with Crippen LogP contribution in [-0.2, 0) is 10.3 Å². The molecular formula is C16H23NO2. The summed E-state index contributed by atoms with van der Waals surface area (Å²) in [6, 6.07) is 4.90. The van der Waals surface area contributed by atoms with Crippen LogP contribution < -0.4 is 5.32 Å². The van der Waals surface area contributed by atoms with E-state index in [1.807, 2.05) is 0 Å². The number of piperidine rings is 1. The Bertz CT molecular complexity index is 463. The predicted molar refractivity (Wildman–Crippen MR) is 75.3 cm³/mol. The van der Waals surface area contributed by atoms with E-state index in [0.29, 0.717) is 13.2 Å². The van der Waals surface area contributed by atoms with E-state index in [4.69, 9.17) is 4.74 Å². The minimum absolute atomic E-state index is 0.276. The average Bonchev–Trinajstić information content (AvgIpc) is 2.25. The highest BCUT2D eigenvalue weighted by Gasteiger charge is 2.43. The van der Waals surface area contributed by atoms with Gasteiger partial charge in [-0.25, -0.2) is 0 Å². The molecule has 0 radical (unpaired) electrons. The molecule has 2 bridgehead atoms. The van der Waals surface area contributed by atoms with E-state index in [9.17, 15) is 5.11 Å². The maximum Gasteiger partial charge on any atom is 0.0933 e. The molecule has 3 rings (SSSR count). The molecule has 1 aromatic carbocycles. The number of fused-ring (bicyclic) bond motifs is 2. The van der Waals surface area contributed by atoms with Gasteiger partial charge in [-0.2, -0.15) is 0 Å². The molecule has 2 heterocycles. The van der Waals surface area contributed by atoms with Gasteiger partial charge in [-0.1, -0.05) is 17.7 Å². The highest BCUT2D eigenvalue weighted by atomic mass is 16.5. The fraction of sp³-hybridized carbons (Fsp3) is 0.625. The van der Waals surface area contributed by atoms with Crippen LogP contribution in [0.3, 0.4) is 0 Å². The van der Waals surface area contributed by atoms with E-state index in [1.165, 1.54) is 16.7 Å². The van der Waals surface area contributed by atoms with Crippen LogP contribution >= 0.6 is 0 Å². The molecule has 2 atom stereocenters. The Morgan fingerprint density at radius 3 is 2.16 bits per heavy atom. The number of nitrogens with one attached hydrogen (secondary N) is 1. The van der Waals surface area contributed by atoms with E-state index >= 15 is 0 Å². The summed E-state index contributed by atoms with van der Waals surface area (Å²) in [6.45, 7) is 7.76. The van der Waals surface area contributed by atoms with Crippen LogP contribution in [0.25, 0.3) is 0 Å². The molecule has 1 aromatic rings. The molecule has 0 aliphatic carbocycles. The van der Waals surface area contributed by atoms with Gasteiger partial charge in [0.2, 0.25) is 0 Å². The second-order valence-electron chi connectivity index (χ2n) is 6.31. The predicted octanol–water partition coefficient (Wildman–Crippen LogP) is 1.95. The molecule has 2 fully saturated rings. The standard InChI is InChI=1S/C16H23NO2/c1-10-4-11(2)15(12(3)5-10)16(18)6-13-8-19-9-14(7-16)17-13/h4-5,13-14,17-18H,6-9H2,1-3H3. The summed E-state index contributed by atoms with van der Waals surface area (Å²) in [6.07, 6.45) is 1.49. The van der Waals surface area contributed by atoms with Gasteiger partial charge in [0.15, 0.2) is 0 Å². The molecule has 19 heavy (non-hydrogen) atoms. The van der Waals surface area contributed by atoms with Gasteiger partial charge in [0, 0.05) is 12.1 Å². The summed E-state index contributed by atoms with van der Waals surface area (Å²) in [4.78, 5) is 0. The Kier molecular flexibility index (Phi) is 3.16. The van der Waals surface area contributed by atoms with Crippen molar-refractivity contribution in [3.63, 3.8) is 0 Å². The van der Waals surface area contributed by atoms with E-state index < -0.39 is 5.60 Å². The smallest absolute Gasteiger partial charge is 0.0933 e. The average molecular weight is 261 g/mol. The number of hydrogen-bond donors (Lipinski definition) is 2. The van der Waals surface area contributed by atoms with Crippen LogP contribution in [0.15, 0.2) is 12.1 Å². The van der Waals surface area contributed by atoms with Gasteiger partial charge in [-0.15, -0.1) is 0 Å². The van der Waals surface area contributed by atoms with E-state index in [0.717, 1.165) is 18.4 Å². The van der Waals surface area contributed by atoms with Crippen LogP contribution in [0.4, 0.5) is 0 Å². The monoisotopic (exact) mass is 261 g/mol. The lowest BCUT2D eigenvalue weighted by Crippen LogP contribution is -2.58. The number of morpholine rings is 1. The summed E-state index contributed by atoms with van der Waals surface area (Å²) < 4.78 is 5.57. The van der Waals surface area contributed by atoms with Crippen molar-refractivity contribution in [1.29, 1.82) is 0 Å². The van der Waals surface area contributed by atoms with Crippen LogP contribution in [0.2, 0.25) is 0 Å². The summed E-state index contributed by atoms with van der Waals surface area (Å²) in [5.41, 5.74) is 4.12. The van der Waals surface area contributed by atoms with Gasteiger partial charge in [-0.05, 0) is 50.3 Å². The molecule has 0 spiro atoms. The molecule has 104 valence electrons. The number of rotatable bonds is 1. The van der Waals surface area contributed by atoms with Crippen molar-refractivity contribution < 1.29 is 9.84 Å². The first-order valence-corrected chi connectivity index (χ1v) is 7.12. The zero-order valence-electron chi connectivity index (χ0n) is 12.0. The number of aryl methyl sites for hydroxylation is 3. The fourth-order valence-electron chi connectivity index (χ4n) is 4.03. The first kappa shape index (κ1) is 13.1. The fourth-order valence-corrected chi connectivity index (χ4v) is 4.03. The first-order valence-electron chi connectivity index (χ1n) is 7.12. The third kappa shape index (κ3) is 2.31. The number of ether oxygens (including phenoxy) is 1. The van der Waals surface area contributed by atoms with Gasteiger partial charge in [0.05, 0.1) is 18.8 Å². The molecule has 2 N–H and O–H groups in total. The number of aliphatic hydroxyl groups is 1. The number of benzene rings is 1. The first-order chi connectivity index (χ1) is 8.98. The molecule has 3 heteroatoms. The topological polar surface area (TPSA) is 41.5 Å². The van der Waals surface area contributed by atoms with Crippen molar-refractivity contribution in [2.45, 2.75) is 51.3 Å². The Hall–Kier alpha value is -0.900. The summed E-state index contributed by atoms with van der Waals surface area (Å²) in [7, 11) is 0. The zero-order chi connectivity index (χ0) is 13.6. The SMILES string of the molecule is Cc1cc(C)c(C2(O)CC3COCC(C2)N3)c(C)c1. The maximum absolute atomic E-state index is 11.2. The van der Waals surface area contributed by atoms with E-state index in [1.54, 1.807) is 0 Å². The molecule has 2 saturated heterocycles. The van der Waals surface area contributed by atoms with Crippen molar-refractivity contribution in [3.05, 3.63) is 34.4 Å². The lowest BCUT2D eigenvalue weighted by atomic mass is 9.75. The van der Waals surface area contributed by atoms with Crippen LogP contribution in [-0.4, -0.2) is 30.4 Å². The Morgan fingerprint density at radius 1 is 1.11 bits per heavy atom. The Labute approximate surface area is 115 Å². The van der Waals surface area contributed by atoms with Crippen molar-refractivity contribution in [1.82, 2.24) is 5.32 Å². The molecule has 3 nitrogen and oxygen atoms in total. The quantitative estimate of drug-likeness (QED) is 0.812. The second kappa shape index (κ2) is 4.58. The van der Waals surface area contributed by atoms with Crippen molar-refractivity contribution in [2.24, 2.45) is 0 Å². The van der Waals surface area contributed by atoms with Crippen molar-refractivity contribution in [3.8, 4) is 0 Å². The molecule has 2 aliphatic rings. The Morgan fingerprint density at radius 2 is 1.63 bits per heavy atom. The van der Waals surface area contributed by atoms with Crippen LogP contribution in [0.5, 0.6) is 0 Å². The van der Waals surface area contributed by atoms with Crippen molar-refractivity contribution in [2.75, 3.05) is 13.2 Å². The zero-order valence-corrected chi connectivity index (χ0v) is 12.0. The van der Waals surface area contributed by atoms with Crippen LogP contribution in [0, 0.1) is 20.8 Å². The molecule has 0 aromatic heterocycles. The third-order valence-corrected chi connectivity index (χ3v) is 4.42. The van der Waals surface area contributed by atoms with Crippen molar-refractivity contribution >= 4 is 0 Å². The highest BCUT2D eigenvalue weighted by Crippen LogP contribution is 2.40. The number of hydrogen-bond acceptors (Lipinski definition) is 3. The lowest BCUT2D eigenvalue weighted by Gasteiger charge is -2.46. The largest absolute Gasteiger partial charge is 0.385 e. The van der Waals surface area contributed by atoms with Gasteiger partial charge < -0.3 is 15.2 Å². The van der Waals surface area contributed by atoms with E-state index in [2.05, 4.69) is 38.2 Å². The summed E-state index contributed by atoms with van der Waals surface area (Å²) >= 11 is 0. The molecular weight excluding hydrogens is 238 g/mol. The van der Waals surface area contributed by atoms with Gasteiger partial charge in [0.25, 0.3) is 0 Å². The molecule has 2 aliphatic heterocycles. The molecule has 2 unspecified atom stereocenters. The summed E-state index contributed by atoms with van der Waals surface area (Å²) in [5, 5.41) is 14.7. The normalized spacial score (nSPS) is 34.3. The molecule has 0 saturated carbocycles. The Balaban J connectivity index is 2.01. The lowest BCUT2D eigenvalue weighted by molar-refractivity contribution is -0.0808. The summed E-state index contributed by atoms with van der Waals surface area (Å²) in [5.74, 6) is 0. The second-order valence-corrected chi connectivity index (χ2v) is 6.31. The van der Waals surface area contributed by atoms with Gasteiger partial charge >= 0.3 is 0 Å². The highest BCUT2D eigenvalue weighted by molar-refractivity contribution is 5.42. The minimum atomic E-state index is -0.702. The van der Waals surface area contributed by atoms with Crippen LogP contribution in [0.1, 0.15) is 35.1 Å². The van der Waals surface area contributed by atoms with E-state index in [-0.39, 0.29) is 12.1 Å².